The van der Waals surface area contributed by atoms with Crippen molar-refractivity contribution in [3.8, 4) is 11.4 Å². The highest BCUT2D eigenvalue weighted by atomic mass is 35.5. The van der Waals surface area contributed by atoms with Crippen molar-refractivity contribution in [2.75, 3.05) is 19.5 Å². The maximum absolute atomic E-state index is 14.2. The topological polar surface area (TPSA) is 106 Å². The van der Waals surface area contributed by atoms with Gasteiger partial charge in [-0.15, -0.1) is 0 Å². The van der Waals surface area contributed by atoms with Crippen molar-refractivity contribution in [2.45, 2.75) is 44.3 Å². The minimum atomic E-state index is -0.260. The van der Waals surface area contributed by atoms with Crippen molar-refractivity contribution in [3.05, 3.63) is 115 Å². The van der Waals surface area contributed by atoms with Gasteiger partial charge in [0.15, 0.2) is 0 Å². The van der Waals surface area contributed by atoms with Gasteiger partial charge in [0.1, 0.15) is 5.75 Å². The number of carbonyl (C=O) groups is 2. The molecule has 6 rings (SSSR count). The summed E-state index contributed by atoms with van der Waals surface area (Å²) in [7, 11) is 3.21. The number of nitrogens with one attached hydrogen (secondary N) is 2. The molecular formula is C33H31Cl2N5O4. The number of ether oxygens (including phenoxy) is 1. The lowest BCUT2D eigenvalue weighted by atomic mass is 9.98. The van der Waals surface area contributed by atoms with Crippen LogP contribution in [0.4, 0.5) is 5.95 Å². The molecule has 0 bridgehead atoms. The zero-order valence-corrected chi connectivity index (χ0v) is 25.9. The summed E-state index contributed by atoms with van der Waals surface area (Å²) in [5.41, 5.74) is 3.54. The number of aromatic nitrogens is 2. The molecule has 1 aliphatic carbocycles. The van der Waals surface area contributed by atoms with Gasteiger partial charge < -0.3 is 20.3 Å². The smallest absolute Gasteiger partial charge is 0.263 e. The van der Waals surface area contributed by atoms with Crippen LogP contribution in [0.2, 0.25) is 10.0 Å². The number of amides is 2. The van der Waals surface area contributed by atoms with Crippen molar-refractivity contribution in [1.82, 2.24) is 19.8 Å². The summed E-state index contributed by atoms with van der Waals surface area (Å²) in [4.78, 5) is 46.5. The Balaban J connectivity index is 1.36. The van der Waals surface area contributed by atoms with E-state index in [2.05, 4.69) is 10.6 Å². The molecule has 3 atom stereocenters. The van der Waals surface area contributed by atoms with Gasteiger partial charge in [-0.2, -0.15) is 0 Å². The lowest BCUT2D eigenvalue weighted by Gasteiger charge is -2.34. The van der Waals surface area contributed by atoms with E-state index in [1.54, 1.807) is 66.1 Å². The van der Waals surface area contributed by atoms with E-state index in [-0.39, 0.29) is 41.9 Å². The van der Waals surface area contributed by atoms with E-state index in [1.165, 1.54) is 0 Å². The van der Waals surface area contributed by atoms with Gasteiger partial charge in [-0.3, -0.25) is 14.4 Å². The molecule has 11 heteroatoms. The number of hydrogen-bond donors (Lipinski definition) is 2. The van der Waals surface area contributed by atoms with E-state index in [0.717, 1.165) is 17.7 Å². The molecule has 1 fully saturated rings. The predicted molar refractivity (Wildman–Crippen MR) is 170 cm³/mol. The first kappa shape index (κ1) is 29.7. The van der Waals surface area contributed by atoms with Gasteiger partial charge in [-0.1, -0.05) is 35.3 Å². The summed E-state index contributed by atoms with van der Waals surface area (Å²) in [6.07, 6.45) is 1.20. The third-order valence-electron chi connectivity index (χ3n) is 8.31. The molecule has 0 saturated heterocycles. The number of halogens is 2. The summed E-state index contributed by atoms with van der Waals surface area (Å²) >= 11 is 12.3. The van der Waals surface area contributed by atoms with E-state index in [0.29, 0.717) is 50.5 Å². The normalized spacial score (nSPS) is 18.8. The zero-order chi connectivity index (χ0) is 31.1. The molecule has 1 saturated carbocycles. The molecule has 1 aromatic heterocycles. The SMILES string of the molecule is CNC(=O)c1ccc(-n2c(N[C@@H]3C[C@H]3c3ccc(OC)cc3)nc3c(c2=O)C[C@@H](C)N(C(=O)c2ccc(Cl)c(Cl)c2)C3)cc1. The van der Waals surface area contributed by atoms with E-state index in [1.807, 2.05) is 31.2 Å². The fourth-order valence-electron chi connectivity index (χ4n) is 5.71. The van der Waals surface area contributed by atoms with Crippen molar-refractivity contribution in [2.24, 2.45) is 0 Å². The van der Waals surface area contributed by atoms with Gasteiger partial charge >= 0.3 is 0 Å². The maximum atomic E-state index is 14.2. The van der Waals surface area contributed by atoms with Crippen LogP contribution in [0.25, 0.3) is 5.69 Å². The first-order chi connectivity index (χ1) is 21.2. The molecule has 2 N–H and O–H groups in total. The summed E-state index contributed by atoms with van der Waals surface area (Å²) in [6, 6.07) is 19.4. The number of anilines is 1. The Morgan fingerprint density at radius 3 is 2.34 bits per heavy atom. The Bertz CT molecular complexity index is 1810. The number of nitrogens with zero attached hydrogens (tertiary/aromatic N) is 3. The lowest BCUT2D eigenvalue weighted by molar-refractivity contribution is 0.0653. The third kappa shape index (κ3) is 5.65. The van der Waals surface area contributed by atoms with Crippen LogP contribution in [0.1, 0.15) is 56.8 Å². The third-order valence-corrected chi connectivity index (χ3v) is 9.04. The quantitative estimate of drug-likeness (QED) is 0.280. The average molecular weight is 633 g/mol. The largest absolute Gasteiger partial charge is 0.497 e. The second kappa shape index (κ2) is 12.0. The van der Waals surface area contributed by atoms with Crippen LogP contribution in [-0.2, 0) is 13.0 Å². The Hall–Kier alpha value is -4.34. The fraction of sp³-hybridized carbons (Fsp3) is 0.273. The van der Waals surface area contributed by atoms with Crippen molar-refractivity contribution in [3.63, 3.8) is 0 Å². The van der Waals surface area contributed by atoms with E-state index >= 15 is 0 Å². The second-order valence-corrected chi connectivity index (χ2v) is 11.9. The minimum Gasteiger partial charge on any atom is -0.497 e. The standard InChI is InChI=1S/C33H31Cl2N5O4/c1-18-14-25-29(17-39(18)31(42)21-8-13-26(34)27(35)15-21)38-33(37-28-16-24(28)19-6-11-23(44-3)12-7-19)40(32(25)43)22-9-4-20(5-10-22)30(41)36-2/h4-13,15,18,24,28H,14,16-17H2,1-3H3,(H,36,41)(H,37,38)/t18-,24+,28-/m1/s1. The molecule has 2 aliphatic rings. The molecule has 0 unspecified atom stereocenters. The Morgan fingerprint density at radius 1 is 0.977 bits per heavy atom. The molecule has 2 amide bonds. The van der Waals surface area contributed by atoms with E-state index in [4.69, 9.17) is 32.9 Å². The number of carbonyl (C=O) groups excluding carboxylic acids is 2. The van der Waals surface area contributed by atoms with Crippen LogP contribution in [0, 0.1) is 0 Å². The van der Waals surface area contributed by atoms with E-state index in [9.17, 15) is 14.4 Å². The van der Waals surface area contributed by atoms with Gasteiger partial charge in [-0.05, 0) is 79.9 Å². The first-order valence-electron chi connectivity index (χ1n) is 14.3. The van der Waals surface area contributed by atoms with Crippen LogP contribution in [0.5, 0.6) is 5.75 Å². The highest BCUT2D eigenvalue weighted by Crippen LogP contribution is 2.43. The molecule has 226 valence electrons. The van der Waals surface area contributed by atoms with Gasteiger partial charge in [0.05, 0.1) is 35.1 Å². The summed E-state index contributed by atoms with van der Waals surface area (Å²) in [6.45, 7) is 2.08. The van der Waals surface area contributed by atoms with Crippen molar-refractivity contribution >= 4 is 41.0 Å². The van der Waals surface area contributed by atoms with Crippen molar-refractivity contribution < 1.29 is 14.3 Å². The minimum absolute atomic E-state index is 0.0567. The summed E-state index contributed by atoms with van der Waals surface area (Å²) in [5.74, 6) is 0.989. The van der Waals surface area contributed by atoms with Gasteiger partial charge in [0, 0.05) is 41.7 Å². The van der Waals surface area contributed by atoms with E-state index < -0.39 is 0 Å². The van der Waals surface area contributed by atoms with Crippen LogP contribution in [-0.4, -0.2) is 52.5 Å². The molecule has 0 radical (unpaired) electrons. The van der Waals surface area contributed by atoms with Crippen LogP contribution in [0.3, 0.4) is 0 Å². The van der Waals surface area contributed by atoms with Crippen LogP contribution in [0.15, 0.2) is 71.5 Å². The number of benzene rings is 3. The Kier molecular flexibility index (Phi) is 8.09. The number of hydrogen-bond acceptors (Lipinski definition) is 6. The molecule has 0 spiro atoms. The lowest BCUT2D eigenvalue weighted by Crippen LogP contribution is -2.46. The number of rotatable bonds is 7. The Labute approximate surface area is 264 Å². The average Bonchev–Trinajstić information content (AvgIpc) is 3.81. The van der Waals surface area contributed by atoms with Crippen LogP contribution >= 0.6 is 23.2 Å². The predicted octanol–water partition coefficient (Wildman–Crippen LogP) is 5.46. The highest BCUT2D eigenvalue weighted by molar-refractivity contribution is 6.42. The van der Waals surface area contributed by atoms with Crippen molar-refractivity contribution in [1.29, 1.82) is 0 Å². The Morgan fingerprint density at radius 2 is 1.68 bits per heavy atom. The number of fused-ring (bicyclic) bond motifs is 1. The molecule has 4 aromatic rings. The van der Waals surface area contributed by atoms with Gasteiger partial charge in [0.2, 0.25) is 5.95 Å². The number of methoxy groups -OCH3 is 1. The molecule has 2 heterocycles. The monoisotopic (exact) mass is 631 g/mol. The molecule has 3 aromatic carbocycles. The molecule has 1 aliphatic heterocycles. The zero-order valence-electron chi connectivity index (χ0n) is 24.4. The first-order valence-corrected chi connectivity index (χ1v) is 15.1. The summed E-state index contributed by atoms with van der Waals surface area (Å²) < 4.78 is 6.86. The molecule has 9 nitrogen and oxygen atoms in total. The molecular weight excluding hydrogens is 601 g/mol. The second-order valence-electron chi connectivity index (χ2n) is 11.1. The highest BCUT2D eigenvalue weighted by Gasteiger charge is 2.40. The van der Waals surface area contributed by atoms with Gasteiger partial charge in [-0.25, -0.2) is 9.55 Å². The maximum Gasteiger partial charge on any atom is 0.263 e. The van der Waals surface area contributed by atoms with Gasteiger partial charge in [0.25, 0.3) is 17.4 Å². The fourth-order valence-corrected chi connectivity index (χ4v) is 6.01. The van der Waals surface area contributed by atoms with Crippen LogP contribution < -0.4 is 20.9 Å². The molecule has 44 heavy (non-hydrogen) atoms. The summed E-state index contributed by atoms with van der Waals surface area (Å²) in [5, 5.41) is 6.79.